The van der Waals surface area contributed by atoms with Crippen LogP contribution in [0, 0.1) is 5.92 Å². The van der Waals surface area contributed by atoms with Gasteiger partial charge in [0.05, 0.1) is 11.3 Å². The minimum atomic E-state index is -4.79. The standard InChI is InChI=1S/C25H29F3N6O3/c1-15(2)23-31-32-24(37-23)17-10-8-16(9-11-17)21(35)29-12-13-30-22(36)19-14-34(18-6-4-3-5-7-18)33-20(19)25(26,27)28/h3-7,14-17H,8-13H2,1-2H3,(H,29,35)(H,30,36). The first kappa shape index (κ1) is 26.4. The molecule has 9 nitrogen and oxygen atoms in total. The van der Waals surface area contributed by atoms with E-state index in [1.54, 1.807) is 30.3 Å². The lowest BCUT2D eigenvalue weighted by atomic mass is 9.81. The number of carbonyl (C=O) groups excluding carboxylic acids is 2. The Balaban J connectivity index is 1.26. The van der Waals surface area contributed by atoms with Gasteiger partial charge >= 0.3 is 6.18 Å². The van der Waals surface area contributed by atoms with Crippen molar-refractivity contribution in [1.29, 1.82) is 0 Å². The Morgan fingerprint density at radius 3 is 2.35 bits per heavy atom. The number of para-hydroxylation sites is 1. The molecule has 4 rings (SSSR count). The summed E-state index contributed by atoms with van der Waals surface area (Å²) in [5.74, 6) is 0.261. The molecule has 1 aliphatic carbocycles. The third-order valence-electron chi connectivity index (χ3n) is 6.36. The lowest BCUT2D eigenvalue weighted by molar-refractivity contribution is -0.141. The average Bonchev–Trinajstić information content (AvgIpc) is 3.55. The third-order valence-corrected chi connectivity index (χ3v) is 6.36. The van der Waals surface area contributed by atoms with Crippen molar-refractivity contribution >= 4 is 11.8 Å². The van der Waals surface area contributed by atoms with Crippen molar-refractivity contribution in [2.45, 2.75) is 57.5 Å². The van der Waals surface area contributed by atoms with E-state index in [0.717, 1.165) is 23.7 Å². The summed E-state index contributed by atoms with van der Waals surface area (Å²) in [7, 11) is 0. The zero-order valence-corrected chi connectivity index (χ0v) is 20.6. The highest BCUT2D eigenvalue weighted by molar-refractivity contribution is 5.95. The molecule has 0 bridgehead atoms. The van der Waals surface area contributed by atoms with Gasteiger partial charge in [0.2, 0.25) is 17.7 Å². The number of nitrogens with zero attached hydrogens (tertiary/aromatic N) is 4. The monoisotopic (exact) mass is 518 g/mol. The summed E-state index contributed by atoms with van der Waals surface area (Å²) in [4.78, 5) is 25.1. The van der Waals surface area contributed by atoms with Gasteiger partial charge in [-0.25, -0.2) is 4.68 Å². The van der Waals surface area contributed by atoms with Crippen LogP contribution in [0.1, 0.15) is 79.2 Å². The number of halogens is 3. The number of nitrogens with one attached hydrogen (secondary N) is 2. The van der Waals surface area contributed by atoms with Crippen LogP contribution in [0.3, 0.4) is 0 Å². The van der Waals surface area contributed by atoms with E-state index in [2.05, 4.69) is 25.9 Å². The number of carbonyl (C=O) groups is 2. The van der Waals surface area contributed by atoms with Crippen molar-refractivity contribution in [3.05, 3.63) is 59.6 Å². The van der Waals surface area contributed by atoms with Gasteiger partial charge in [0.1, 0.15) is 0 Å². The van der Waals surface area contributed by atoms with Crippen LogP contribution in [-0.2, 0) is 11.0 Å². The zero-order valence-electron chi connectivity index (χ0n) is 20.6. The Hall–Kier alpha value is -3.70. The Bertz CT molecular complexity index is 1210. The van der Waals surface area contributed by atoms with Crippen molar-refractivity contribution in [3.8, 4) is 5.69 Å². The molecule has 0 saturated heterocycles. The molecule has 0 spiro atoms. The Morgan fingerprint density at radius 1 is 1.05 bits per heavy atom. The summed E-state index contributed by atoms with van der Waals surface area (Å²) < 4.78 is 47.2. The second kappa shape index (κ2) is 11.1. The normalized spacial score (nSPS) is 18.1. The largest absolute Gasteiger partial charge is 0.435 e. The maximum atomic E-state index is 13.5. The molecule has 37 heavy (non-hydrogen) atoms. The molecule has 12 heteroatoms. The van der Waals surface area contributed by atoms with Gasteiger partial charge in [0.25, 0.3) is 5.91 Å². The molecule has 1 aromatic carbocycles. The van der Waals surface area contributed by atoms with Gasteiger partial charge in [0.15, 0.2) is 5.69 Å². The number of hydrogen-bond acceptors (Lipinski definition) is 6. The fourth-order valence-corrected chi connectivity index (χ4v) is 4.31. The highest BCUT2D eigenvalue weighted by atomic mass is 19.4. The fourth-order valence-electron chi connectivity index (χ4n) is 4.31. The molecular formula is C25H29F3N6O3. The lowest BCUT2D eigenvalue weighted by Crippen LogP contribution is -2.38. The first-order valence-electron chi connectivity index (χ1n) is 12.2. The minimum Gasteiger partial charge on any atom is -0.425 e. The lowest BCUT2D eigenvalue weighted by Gasteiger charge is -2.25. The van der Waals surface area contributed by atoms with E-state index < -0.39 is 23.3 Å². The molecule has 3 aromatic rings. The zero-order chi connectivity index (χ0) is 26.6. The number of alkyl halides is 3. The van der Waals surface area contributed by atoms with Crippen LogP contribution in [0.2, 0.25) is 0 Å². The van der Waals surface area contributed by atoms with Crippen LogP contribution in [0.5, 0.6) is 0 Å². The van der Waals surface area contributed by atoms with Gasteiger partial charge in [-0.05, 0) is 37.8 Å². The van der Waals surface area contributed by atoms with Crippen LogP contribution in [-0.4, -0.2) is 44.9 Å². The van der Waals surface area contributed by atoms with Gasteiger partial charge in [-0.15, -0.1) is 10.2 Å². The first-order chi connectivity index (χ1) is 17.6. The van der Waals surface area contributed by atoms with Gasteiger partial charge in [-0.3, -0.25) is 9.59 Å². The number of amides is 2. The Morgan fingerprint density at radius 2 is 1.73 bits per heavy atom. The van der Waals surface area contributed by atoms with Crippen LogP contribution >= 0.6 is 0 Å². The van der Waals surface area contributed by atoms with Crippen LogP contribution in [0.4, 0.5) is 13.2 Å². The second-order valence-electron chi connectivity index (χ2n) is 9.40. The van der Waals surface area contributed by atoms with Crippen LogP contribution < -0.4 is 10.6 Å². The van der Waals surface area contributed by atoms with Gasteiger partial charge in [-0.1, -0.05) is 32.0 Å². The maximum absolute atomic E-state index is 13.5. The smallest absolute Gasteiger partial charge is 0.425 e. The van der Waals surface area contributed by atoms with Gasteiger partial charge < -0.3 is 15.1 Å². The van der Waals surface area contributed by atoms with E-state index >= 15 is 0 Å². The molecule has 2 amide bonds. The molecule has 2 N–H and O–H groups in total. The SMILES string of the molecule is CC(C)c1nnc(C2CCC(C(=O)NCCNC(=O)c3cn(-c4ccccc4)nc3C(F)(F)F)CC2)o1. The van der Waals surface area contributed by atoms with E-state index in [1.807, 2.05) is 13.8 Å². The van der Waals surface area contributed by atoms with E-state index in [-0.39, 0.29) is 36.8 Å². The molecule has 198 valence electrons. The van der Waals surface area contributed by atoms with Crippen molar-refractivity contribution < 1.29 is 27.2 Å². The predicted molar refractivity (Wildman–Crippen MR) is 127 cm³/mol. The molecule has 1 aliphatic rings. The molecule has 0 aliphatic heterocycles. The highest BCUT2D eigenvalue weighted by Crippen LogP contribution is 2.36. The highest BCUT2D eigenvalue weighted by Gasteiger charge is 2.39. The topological polar surface area (TPSA) is 115 Å². The average molecular weight is 519 g/mol. The minimum absolute atomic E-state index is 0.0201. The summed E-state index contributed by atoms with van der Waals surface area (Å²) in [5.41, 5.74) is -1.45. The van der Waals surface area contributed by atoms with Crippen LogP contribution in [0.15, 0.2) is 40.9 Å². The van der Waals surface area contributed by atoms with Crippen molar-refractivity contribution in [1.82, 2.24) is 30.6 Å². The summed E-state index contributed by atoms with van der Waals surface area (Å²) in [6.07, 6.45) is -0.915. The second-order valence-corrected chi connectivity index (χ2v) is 9.40. The first-order valence-corrected chi connectivity index (χ1v) is 12.2. The molecular weight excluding hydrogens is 489 g/mol. The van der Waals surface area contributed by atoms with E-state index in [0.29, 0.717) is 30.3 Å². The molecule has 0 unspecified atom stereocenters. The summed E-state index contributed by atoms with van der Waals surface area (Å²) in [6.45, 7) is 4.04. The predicted octanol–water partition coefficient (Wildman–Crippen LogP) is 4.22. The van der Waals surface area contributed by atoms with E-state index in [9.17, 15) is 22.8 Å². The number of aromatic nitrogens is 4. The Kier molecular flexibility index (Phi) is 7.94. The number of rotatable bonds is 8. The van der Waals surface area contributed by atoms with Crippen molar-refractivity contribution in [2.24, 2.45) is 5.92 Å². The fraction of sp³-hybridized carbons (Fsp3) is 0.480. The van der Waals surface area contributed by atoms with Gasteiger partial charge in [-0.2, -0.15) is 18.3 Å². The van der Waals surface area contributed by atoms with Crippen LogP contribution in [0.25, 0.3) is 5.69 Å². The molecule has 0 radical (unpaired) electrons. The number of benzene rings is 1. The molecule has 2 aromatic heterocycles. The molecule has 1 saturated carbocycles. The van der Waals surface area contributed by atoms with E-state index in [4.69, 9.17) is 4.42 Å². The van der Waals surface area contributed by atoms with E-state index in [1.165, 1.54) is 0 Å². The van der Waals surface area contributed by atoms with Gasteiger partial charge in [0, 0.05) is 37.0 Å². The number of hydrogen-bond donors (Lipinski definition) is 2. The maximum Gasteiger partial charge on any atom is 0.435 e. The summed E-state index contributed by atoms with van der Waals surface area (Å²) in [6, 6.07) is 8.21. The van der Waals surface area contributed by atoms with Crippen molar-refractivity contribution in [3.63, 3.8) is 0 Å². The summed E-state index contributed by atoms with van der Waals surface area (Å²) >= 11 is 0. The molecule has 1 fully saturated rings. The molecule has 0 atom stereocenters. The third kappa shape index (κ3) is 6.36. The quantitative estimate of drug-likeness (QED) is 0.432. The van der Waals surface area contributed by atoms with Crippen molar-refractivity contribution in [2.75, 3.05) is 13.1 Å². The summed E-state index contributed by atoms with van der Waals surface area (Å²) in [5, 5.41) is 17.0. The Labute approximate surface area is 211 Å². The molecule has 2 heterocycles.